The van der Waals surface area contributed by atoms with Gasteiger partial charge in [-0.25, -0.2) is 4.98 Å². The van der Waals surface area contributed by atoms with E-state index in [1.807, 2.05) is 11.5 Å². The Kier molecular flexibility index (Phi) is 5.84. The molecule has 1 aromatic heterocycles. The molecule has 2 amide bonds. The number of nitrogens with one attached hydrogen (secondary N) is 2. The molecule has 0 saturated heterocycles. The zero-order valence-electron chi connectivity index (χ0n) is 14.4. The topological polar surface area (TPSA) is 76.0 Å². The first-order valence-corrected chi connectivity index (χ1v) is 9.41. The first kappa shape index (κ1) is 18.7. The Morgan fingerprint density at radius 2 is 2.04 bits per heavy atom. The smallest absolute Gasteiger partial charge is 0.291 e. The minimum Gasteiger partial charge on any atom is -0.351 e. The Balaban J connectivity index is 1.91. The summed E-state index contributed by atoms with van der Waals surface area (Å²) >= 11 is 12.1. The van der Waals surface area contributed by atoms with E-state index in [0.717, 1.165) is 31.4 Å². The summed E-state index contributed by atoms with van der Waals surface area (Å²) in [7, 11) is 0. The van der Waals surface area contributed by atoms with Gasteiger partial charge in [-0.1, -0.05) is 36.2 Å². The molecule has 26 heavy (non-hydrogen) atoms. The van der Waals surface area contributed by atoms with Crippen LogP contribution in [-0.4, -0.2) is 27.9 Å². The van der Waals surface area contributed by atoms with Gasteiger partial charge < -0.3 is 15.2 Å². The lowest BCUT2D eigenvalue weighted by Crippen LogP contribution is -2.26. The summed E-state index contributed by atoms with van der Waals surface area (Å²) in [6, 6.07) is 5.02. The van der Waals surface area contributed by atoms with Gasteiger partial charge in [-0.3, -0.25) is 9.59 Å². The van der Waals surface area contributed by atoms with Crippen molar-refractivity contribution in [2.24, 2.45) is 0 Å². The lowest BCUT2D eigenvalue weighted by atomic mass is 10.1. The lowest BCUT2D eigenvalue weighted by Gasteiger charge is -2.17. The quantitative estimate of drug-likeness (QED) is 0.806. The fourth-order valence-corrected chi connectivity index (χ4v) is 3.35. The number of carbonyl (C=O) groups excluding carboxylic acids is 2. The minimum absolute atomic E-state index is 0.220. The predicted molar refractivity (Wildman–Crippen MR) is 102 cm³/mol. The molecule has 2 heterocycles. The van der Waals surface area contributed by atoms with Crippen molar-refractivity contribution in [2.75, 3.05) is 11.9 Å². The number of rotatable bonds is 5. The Labute approximate surface area is 161 Å². The van der Waals surface area contributed by atoms with Gasteiger partial charge in [0.1, 0.15) is 5.69 Å². The molecule has 0 fully saturated rings. The van der Waals surface area contributed by atoms with Crippen molar-refractivity contribution in [3.63, 3.8) is 0 Å². The molecule has 0 atom stereocenters. The van der Waals surface area contributed by atoms with Crippen LogP contribution in [0.5, 0.6) is 0 Å². The van der Waals surface area contributed by atoms with Gasteiger partial charge in [0.15, 0.2) is 5.82 Å². The molecule has 0 aliphatic carbocycles. The summed E-state index contributed by atoms with van der Waals surface area (Å²) in [5.41, 5.74) is 1.56. The lowest BCUT2D eigenvalue weighted by molar-refractivity contribution is 0.0947. The SMILES string of the molecule is CCCNC(=O)c1nc(C(=O)Nc2cccc(Cl)c2Cl)n2c1CCCC2. The monoisotopic (exact) mass is 394 g/mol. The van der Waals surface area contributed by atoms with E-state index in [1.54, 1.807) is 18.2 Å². The summed E-state index contributed by atoms with van der Waals surface area (Å²) in [6.07, 6.45) is 3.48. The zero-order valence-corrected chi connectivity index (χ0v) is 16.0. The fraction of sp³-hybridized carbons (Fsp3) is 0.389. The first-order valence-electron chi connectivity index (χ1n) is 8.66. The molecule has 2 aromatic rings. The number of imidazole rings is 1. The average Bonchev–Trinajstić information content (AvgIpc) is 3.03. The molecule has 1 aliphatic rings. The highest BCUT2D eigenvalue weighted by Gasteiger charge is 2.27. The Morgan fingerprint density at radius 3 is 2.81 bits per heavy atom. The molecule has 138 valence electrons. The van der Waals surface area contributed by atoms with E-state index in [2.05, 4.69) is 15.6 Å². The predicted octanol–water partition coefficient (Wildman–Crippen LogP) is 3.92. The second-order valence-corrected chi connectivity index (χ2v) is 6.94. The highest BCUT2D eigenvalue weighted by atomic mass is 35.5. The molecule has 3 rings (SSSR count). The number of aromatic nitrogens is 2. The van der Waals surface area contributed by atoms with Crippen LogP contribution in [0.1, 0.15) is 53.0 Å². The van der Waals surface area contributed by atoms with Gasteiger partial charge in [-0.15, -0.1) is 0 Å². The largest absolute Gasteiger partial charge is 0.351 e. The molecule has 0 saturated carbocycles. The van der Waals surface area contributed by atoms with E-state index in [9.17, 15) is 9.59 Å². The van der Waals surface area contributed by atoms with Crippen molar-refractivity contribution in [1.29, 1.82) is 0 Å². The average molecular weight is 395 g/mol. The van der Waals surface area contributed by atoms with E-state index in [1.165, 1.54) is 0 Å². The van der Waals surface area contributed by atoms with Gasteiger partial charge in [0.2, 0.25) is 0 Å². The third-order valence-electron chi connectivity index (χ3n) is 4.27. The van der Waals surface area contributed by atoms with Gasteiger partial charge in [0, 0.05) is 13.1 Å². The van der Waals surface area contributed by atoms with Gasteiger partial charge in [-0.2, -0.15) is 0 Å². The minimum atomic E-state index is -0.410. The van der Waals surface area contributed by atoms with E-state index >= 15 is 0 Å². The molecule has 6 nitrogen and oxygen atoms in total. The van der Waals surface area contributed by atoms with Gasteiger partial charge in [0.25, 0.3) is 11.8 Å². The van der Waals surface area contributed by atoms with Crippen LogP contribution in [-0.2, 0) is 13.0 Å². The van der Waals surface area contributed by atoms with Crippen LogP contribution in [0.15, 0.2) is 18.2 Å². The molecular weight excluding hydrogens is 375 g/mol. The van der Waals surface area contributed by atoms with Crippen LogP contribution in [0.4, 0.5) is 5.69 Å². The second-order valence-electron chi connectivity index (χ2n) is 6.15. The number of amides is 2. The number of fused-ring (bicyclic) bond motifs is 1. The van der Waals surface area contributed by atoms with Crippen LogP contribution in [0, 0.1) is 0 Å². The van der Waals surface area contributed by atoms with Crippen molar-refractivity contribution in [3.8, 4) is 0 Å². The normalized spacial score (nSPS) is 13.2. The van der Waals surface area contributed by atoms with Crippen LogP contribution in [0.2, 0.25) is 10.0 Å². The highest BCUT2D eigenvalue weighted by molar-refractivity contribution is 6.44. The molecule has 1 aromatic carbocycles. The van der Waals surface area contributed by atoms with Crippen LogP contribution < -0.4 is 10.6 Å². The molecule has 1 aliphatic heterocycles. The number of anilines is 1. The Bertz CT molecular complexity index is 848. The maximum Gasteiger partial charge on any atom is 0.291 e. The molecular formula is C18H20Cl2N4O2. The number of benzene rings is 1. The van der Waals surface area contributed by atoms with Gasteiger partial charge >= 0.3 is 0 Å². The van der Waals surface area contributed by atoms with Crippen molar-refractivity contribution in [3.05, 3.63) is 45.5 Å². The molecule has 8 heteroatoms. The maximum absolute atomic E-state index is 12.8. The Hall–Kier alpha value is -2.05. The second kappa shape index (κ2) is 8.10. The standard InChI is InChI=1S/C18H20Cl2N4O2/c1-2-9-21-17(25)15-13-8-3-4-10-24(13)16(23-15)18(26)22-12-7-5-6-11(19)14(12)20/h5-7H,2-4,8-10H2,1H3,(H,21,25)(H,22,26). The van der Waals surface area contributed by atoms with Crippen molar-refractivity contribution < 1.29 is 9.59 Å². The van der Waals surface area contributed by atoms with E-state index in [4.69, 9.17) is 23.2 Å². The summed E-state index contributed by atoms with van der Waals surface area (Å²) < 4.78 is 1.83. The highest BCUT2D eigenvalue weighted by Crippen LogP contribution is 2.30. The van der Waals surface area contributed by atoms with Gasteiger partial charge in [0.05, 0.1) is 21.4 Å². The molecule has 2 N–H and O–H groups in total. The van der Waals surface area contributed by atoms with Crippen LogP contribution >= 0.6 is 23.2 Å². The number of halogens is 2. The van der Waals surface area contributed by atoms with Crippen molar-refractivity contribution >= 4 is 40.7 Å². The summed E-state index contributed by atoms with van der Waals surface area (Å²) in [5, 5.41) is 6.20. The zero-order chi connectivity index (χ0) is 18.7. The van der Waals surface area contributed by atoms with E-state index in [-0.39, 0.29) is 16.8 Å². The number of carbonyl (C=O) groups is 2. The number of hydrogen-bond donors (Lipinski definition) is 2. The molecule has 0 spiro atoms. The van der Waals surface area contributed by atoms with Crippen molar-refractivity contribution in [2.45, 2.75) is 39.2 Å². The third kappa shape index (κ3) is 3.71. The van der Waals surface area contributed by atoms with Crippen LogP contribution in [0.25, 0.3) is 0 Å². The molecule has 0 unspecified atom stereocenters. The van der Waals surface area contributed by atoms with E-state index in [0.29, 0.717) is 29.5 Å². The first-order chi connectivity index (χ1) is 12.5. The van der Waals surface area contributed by atoms with Gasteiger partial charge in [-0.05, 0) is 37.8 Å². The summed E-state index contributed by atoms with van der Waals surface area (Å²) in [5.74, 6) is -0.429. The number of hydrogen-bond acceptors (Lipinski definition) is 3. The van der Waals surface area contributed by atoms with E-state index < -0.39 is 5.91 Å². The summed E-state index contributed by atoms with van der Waals surface area (Å²) in [6.45, 7) is 3.22. The fourth-order valence-electron chi connectivity index (χ4n) is 3.00. The Morgan fingerprint density at radius 1 is 1.23 bits per heavy atom. The molecule has 0 radical (unpaired) electrons. The number of nitrogens with zero attached hydrogens (tertiary/aromatic N) is 2. The van der Waals surface area contributed by atoms with Crippen LogP contribution in [0.3, 0.4) is 0 Å². The maximum atomic E-state index is 12.8. The van der Waals surface area contributed by atoms with Crippen molar-refractivity contribution in [1.82, 2.24) is 14.9 Å². The summed E-state index contributed by atoms with van der Waals surface area (Å²) in [4.78, 5) is 29.5. The molecule has 0 bridgehead atoms. The third-order valence-corrected chi connectivity index (χ3v) is 5.09.